The van der Waals surface area contributed by atoms with E-state index in [0.717, 1.165) is 6.20 Å². The predicted octanol–water partition coefficient (Wildman–Crippen LogP) is 4.92. The summed E-state index contributed by atoms with van der Waals surface area (Å²) in [6.07, 6.45) is 4.27. The molecule has 0 unspecified atom stereocenters. The number of fused-ring (bicyclic) bond motifs is 2. The quantitative estimate of drug-likeness (QED) is 0.285. The SMILES string of the molecule is CC(C)(O)c1cccc(Oc2ccc3c(c2)nnn3-c2nc(N)nc(-c3ccco3)c2-c2ccc3ncc(F)n3c2)n1. The zero-order chi connectivity index (χ0) is 29.0. The lowest BCUT2D eigenvalue weighted by molar-refractivity contribution is 0.0733. The summed E-state index contributed by atoms with van der Waals surface area (Å²) in [6.45, 7) is 3.30. The third-order valence-corrected chi connectivity index (χ3v) is 6.60. The second-order valence-electron chi connectivity index (χ2n) is 10.0. The molecule has 6 aromatic heterocycles. The highest BCUT2D eigenvalue weighted by molar-refractivity contribution is 5.87. The van der Waals surface area contributed by atoms with Crippen molar-refractivity contribution in [1.29, 1.82) is 0 Å². The van der Waals surface area contributed by atoms with Crippen molar-refractivity contribution in [1.82, 2.24) is 39.3 Å². The van der Waals surface area contributed by atoms with Crippen molar-refractivity contribution in [3.63, 3.8) is 0 Å². The Morgan fingerprint density at radius 2 is 1.90 bits per heavy atom. The topological polar surface area (TPSA) is 155 Å². The van der Waals surface area contributed by atoms with Gasteiger partial charge in [0.1, 0.15) is 28.2 Å². The second kappa shape index (κ2) is 9.45. The van der Waals surface area contributed by atoms with Crippen LogP contribution in [0.3, 0.4) is 0 Å². The average molecular weight is 564 g/mol. The minimum atomic E-state index is -1.12. The molecule has 0 fully saturated rings. The van der Waals surface area contributed by atoms with Crippen molar-refractivity contribution < 1.29 is 18.7 Å². The van der Waals surface area contributed by atoms with Gasteiger partial charge in [0.25, 0.3) is 0 Å². The third-order valence-electron chi connectivity index (χ3n) is 6.60. The molecule has 0 aliphatic carbocycles. The monoisotopic (exact) mass is 563 g/mol. The molecule has 0 spiro atoms. The number of rotatable bonds is 6. The molecule has 0 aliphatic rings. The van der Waals surface area contributed by atoms with E-state index >= 15 is 0 Å². The highest BCUT2D eigenvalue weighted by Crippen LogP contribution is 2.37. The molecule has 0 saturated heterocycles. The summed E-state index contributed by atoms with van der Waals surface area (Å²) in [5.41, 5.74) is 8.52. The molecule has 0 atom stereocenters. The van der Waals surface area contributed by atoms with E-state index in [4.69, 9.17) is 14.9 Å². The molecule has 7 aromatic rings. The number of imidazole rings is 1. The number of aliphatic hydroxyl groups is 1. The molecule has 0 aliphatic heterocycles. The zero-order valence-corrected chi connectivity index (χ0v) is 22.3. The largest absolute Gasteiger partial charge is 0.463 e. The standard InChI is InChI=1S/C29H22FN9O3/c1-29(2,40)21-6-3-7-24(33-21)42-17-9-10-19-18(13-17)36-37-39(19)27-25(16-8-11-23-32-14-22(30)38(23)15-16)26(34-28(31)35-27)20-5-4-12-41-20/h3-15,40H,1-2H3,(H2,31,34,35). The van der Waals surface area contributed by atoms with Crippen LogP contribution in [0, 0.1) is 5.95 Å². The second-order valence-corrected chi connectivity index (χ2v) is 10.0. The van der Waals surface area contributed by atoms with E-state index in [1.165, 1.54) is 15.3 Å². The van der Waals surface area contributed by atoms with E-state index in [1.54, 1.807) is 80.7 Å². The number of hydrogen-bond donors (Lipinski definition) is 2. The number of nitrogens with zero attached hydrogens (tertiary/aromatic N) is 8. The van der Waals surface area contributed by atoms with Gasteiger partial charge >= 0.3 is 0 Å². The van der Waals surface area contributed by atoms with Crippen LogP contribution in [0.1, 0.15) is 19.5 Å². The molecule has 12 nitrogen and oxygen atoms in total. The maximum atomic E-state index is 14.5. The molecule has 3 N–H and O–H groups in total. The number of furan rings is 1. The van der Waals surface area contributed by atoms with Crippen LogP contribution >= 0.6 is 0 Å². The van der Waals surface area contributed by atoms with E-state index in [-0.39, 0.29) is 5.95 Å². The first-order valence-electron chi connectivity index (χ1n) is 12.8. The number of ether oxygens (including phenoxy) is 1. The van der Waals surface area contributed by atoms with Gasteiger partial charge in [-0.3, -0.25) is 4.40 Å². The van der Waals surface area contributed by atoms with E-state index in [2.05, 4.69) is 30.2 Å². The molecule has 0 amide bonds. The molecule has 0 bridgehead atoms. The van der Waals surface area contributed by atoms with Gasteiger partial charge in [-0.1, -0.05) is 11.3 Å². The van der Waals surface area contributed by atoms with Gasteiger partial charge in [0.15, 0.2) is 11.6 Å². The molecule has 13 heteroatoms. The minimum Gasteiger partial charge on any atom is -0.463 e. The Balaban J connectivity index is 1.36. The summed E-state index contributed by atoms with van der Waals surface area (Å²) in [7, 11) is 0. The number of hydrogen-bond acceptors (Lipinski definition) is 10. The van der Waals surface area contributed by atoms with Crippen LogP contribution in [0.5, 0.6) is 11.6 Å². The first-order chi connectivity index (χ1) is 20.2. The lowest BCUT2D eigenvalue weighted by Gasteiger charge is -2.17. The van der Waals surface area contributed by atoms with Gasteiger partial charge in [-0.25, -0.2) is 15.0 Å². The van der Waals surface area contributed by atoms with Crippen LogP contribution in [0.4, 0.5) is 10.3 Å². The number of nitrogen functional groups attached to an aromatic ring is 1. The van der Waals surface area contributed by atoms with Crippen molar-refractivity contribution in [3.05, 3.63) is 91.0 Å². The number of pyridine rings is 2. The van der Waals surface area contributed by atoms with Crippen LogP contribution in [0.2, 0.25) is 0 Å². The molecule has 6 heterocycles. The number of halogens is 1. The first-order valence-corrected chi connectivity index (χ1v) is 12.8. The van der Waals surface area contributed by atoms with E-state index < -0.39 is 11.5 Å². The highest BCUT2D eigenvalue weighted by Gasteiger charge is 2.24. The molecule has 42 heavy (non-hydrogen) atoms. The van der Waals surface area contributed by atoms with Gasteiger partial charge in [-0.2, -0.15) is 14.1 Å². The van der Waals surface area contributed by atoms with Crippen molar-refractivity contribution in [2.45, 2.75) is 19.4 Å². The Morgan fingerprint density at radius 3 is 2.71 bits per heavy atom. The molecule has 0 radical (unpaired) electrons. The van der Waals surface area contributed by atoms with Gasteiger partial charge in [-0.05, 0) is 56.3 Å². The van der Waals surface area contributed by atoms with Crippen LogP contribution < -0.4 is 10.5 Å². The summed E-state index contributed by atoms with van der Waals surface area (Å²) in [4.78, 5) is 17.5. The number of nitrogens with two attached hydrogens (primary N) is 1. The van der Waals surface area contributed by atoms with E-state index in [1.807, 2.05) is 0 Å². The third kappa shape index (κ3) is 4.37. The summed E-state index contributed by atoms with van der Waals surface area (Å²) >= 11 is 0. The Morgan fingerprint density at radius 1 is 1.02 bits per heavy atom. The van der Waals surface area contributed by atoms with Gasteiger partial charge in [-0.15, -0.1) is 5.10 Å². The average Bonchev–Trinajstić information content (AvgIpc) is 3.73. The lowest BCUT2D eigenvalue weighted by atomic mass is 10.0. The van der Waals surface area contributed by atoms with Gasteiger partial charge < -0.3 is 20.0 Å². The molecular weight excluding hydrogens is 541 g/mol. The molecule has 7 rings (SSSR count). The van der Waals surface area contributed by atoms with Crippen molar-refractivity contribution >= 4 is 22.6 Å². The Hall–Kier alpha value is -5.69. The summed E-state index contributed by atoms with van der Waals surface area (Å²) in [5, 5.41) is 19.0. The fourth-order valence-electron chi connectivity index (χ4n) is 4.63. The smallest absolute Gasteiger partial charge is 0.222 e. The first kappa shape index (κ1) is 25.3. The molecule has 0 saturated carbocycles. The normalized spacial score (nSPS) is 11.9. The Labute approximate surface area is 236 Å². The fourth-order valence-corrected chi connectivity index (χ4v) is 4.63. The van der Waals surface area contributed by atoms with E-state index in [0.29, 0.717) is 62.4 Å². The Bertz CT molecular complexity index is 2100. The predicted molar refractivity (Wildman–Crippen MR) is 150 cm³/mol. The lowest BCUT2D eigenvalue weighted by Crippen LogP contribution is -2.17. The summed E-state index contributed by atoms with van der Waals surface area (Å²) < 4.78 is 29.0. The molecule has 1 aromatic carbocycles. The van der Waals surface area contributed by atoms with E-state index in [9.17, 15) is 9.50 Å². The number of benzene rings is 1. The molecular formula is C29H22FN9O3. The number of anilines is 1. The van der Waals surface area contributed by atoms with Gasteiger partial charge in [0.05, 0.1) is 29.2 Å². The van der Waals surface area contributed by atoms with Gasteiger partial charge in [0, 0.05) is 23.9 Å². The van der Waals surface area contributed by atoms with Crippen LogP contribution in [-0.4, -0.2) is 44.4 Å². The van der Waals surface area contributed by atoms with Crippen molar-refractivity contribution in [2.24, 2.45) is 0 Å². The van der Waals surface area contributed by atoms with Crippen LogP contribution in [0.25, 0.3) is 45.1 Å². The molecule has 208 valence electrons. The maximum Gasteiger partial charge on any atom is 0.222 e. The fraction of sp³-hybridized carbons (Fsp3) is 0.103. The minimum absolute atomic E-state index is 0.0172. The Kier molecular flexibility index (Phi) is 5.69. The highest BCUT2D eigenvalue weighted by atomic mass is 19.1. The summed E-state index contributed by atoms with van der Waals surface area (Å²) in [6, 6.07) is 17.4. The van der Waals surface area contributed by atoms with Crippen LogP contribution in [0.15, 0.2) is 83.7 Å². The maximum absolute atomic E-state index is 14.5. The zero-order valence-electron chi connectivity index (χ0n) is 22.3. The number of aromatic nitrogens is 8. The van der Waals surface area contributed by atoms with Crippen molar-refractivity contribution in [2.75, 3.05) is 5.73 Å². The van der Waals surface area contributed by atoms with Crippen LogP contribution in [-0.2, 0) is 5.60 Å². The van der Waals surface area contributed by atoms with Gasteiger partial charge in [0.2, 0.25) is 17.8 Å². The summed E-state index contributed by atoms with van der Waals surface area (Å²) in [5.74, 6) is 0.992. The van der Waals surface area contributed by atoms with Crippen molar-refractivity contribution in [3.8, 4) is 40.0 Å².